The number of amides is 1. The predicted molar refractivity (Wildman–Crippen MR) is 114 cm³/mol. The molecule has 0 aliphatic heterocycles. The van der Waals surface area contributed by atoms with Crippen molar-refractivity contribution in [3.05, 3.63) is 81.3 Å². The Bertz CT molecular complexity index is 1320. The van der Waals surface area contributed by atoms with Crippen LogP contribution in [0.4, 0.5) is 11.4 Å². The average molecular weight is 405 g/mol. The van der Waals surface area contributed by atoms with Crippen LogP contribution in [-0.2, 0) is 11.3 Å². The number of benzene rings is 3. The van der Waals surface area contributed by atoms with E-state index in [1.807, 2.05) is 42.5 Å². The van der Waals surface area contributed by atoms with Gasteiger partial charge in [-0.2, -0.15) is 0 Å². The van der Waals surface area contributed by atoms with Gasteiger partial charge in [-0.15, -0.1) is 0 Å². The molecule has 3 aromatic carbocycles. The first-order valence-electron chi connectivity index (χ1n) is 9.48. The molecule has 0 bridgehead atoms. The summed E-state index contributed by atoms with van der Waals surface area (Å²) in [5, 5.41) is 12.9. The van der Waals surface area contributed by atoms with Gasteiger partial charge in [0, 0.05) is 31.5 Å². The Morgan fingerprint density at radius 2 is 1.90 bits per heavy atom. The standard InChI is InChI=1S/C22H19N3O5/c1-23(18-9-4-7-15-6-2-3-8-17(15)18)21(26)10-5-13-24-19-12-11-16(25(28)29)14-20(19)30-22(24)27/h2-4,6-9,11-12,14H,5,10,13H2,1H3. The Labute approximate surface area is 171 Å². The monoisotopic (exact) mass is 405 g/mol. The van der Waals surface area contributed by atoms with Crippen LogP contribution in [0.15, 0.2) is 69.9 Å². The van der Waals surface area contributed by atoms with Crippen LogP contribution >= 0.6 is 0 Å². The molecule has 1 heterocycles. The number of nitro groups is 1. The summed E-state index contributed by atoms with van der Waals surface area (Å²) >= 11 is 0. The lowest BCUT2D eigenvalue weighted by atomic mass is 10.1. The van der Waals surface area contributed by atoms with Crippen molar-refractivity contribution in [1.82, 2.24) is 4.57 Å². The maximum atomic E-state index is 12.7. The maximum Gasteiger partial charge on any atom is 0.419 e. The number of aromatic nitrogens is 1. The first-order chi connectivity index (χ1) is 14.5. The molecule has 4 aromatic rings. The summed E-state index contributed by atoms with van der Waals surface area (Å²) in [6.45, 7) is 0.277. The lowest BCUT2D eigenvalue weighted by molar-refractivity contribution is -0.384. The third-order valence-electron chi connectivity index (χ3n) is 5.14. The molecule has 0 aliphatic rings. The molecule has 0 spiro atoms. The van der Waals surface area contributed by atoms with E-state index in [1.54, 1.807) is 11.9 Å². The number of carbonyl (C=O) groups excluding carboxylic acids is 1. The topological polar surface area (TPSA) is 98.6 Å². The minimum atomic E-state index is -0.597. The van der Waals surface area contributed by atoms with Gasteiger partial charge < -0.3 is 9.32 Å². The Kier molecular flexibility index (Phi) is 5.05. The van der Waals surface area contributed by atoms with E-state index < -0.39 is 10.7 Å². The molecule has 0 atom stereocenters. The number of nitrogens with zero attached hydrogens (tertiary/aromatic N) is 3. The van der Waals surface area contributed by atoms with Crippen molar-refractivity contribution in [2.75, 3.05) is 11.9 Å². The molecule has 30 heavy (non-hydrogen) atoms. The number of hydrogen-bond acceptors (Lipinski definition) is 5. The van der Waals surface area contributed by atoms with Crippen molar-refractivity contribution >= 4 is 39.2 Å². The third kappa shape index (κ3) is 3.55. The van der Waals surface area contributed by atoms with E-state index in [-0.39, 0.29) is 30.1 Å². The molecule has 0 aliphatic carbocycles. The molecule has 8 nitrogen and oxygen atoms in total. The number of oxazole rings is 1. The summed E-state index contributed by atoms with van der Waals surface area (Å²) in [5.74, 6) is -0.664. The van der Waals surface area contributed by atoms with Gasteiger partial charge in [-0.1, -0.05) is 36.4 Å². The first kappa shape index (κ1) is 19.4. The predicted octanol–water partition coefficient (Wildman–Crippen LogP) is 4.10. The quantitative estimate of drug-likeness (QED) is 0.355. The van der Waals surface area contributed by atoms with Gasteiger partial charge in [0.1, 0.15) is 0 Å². The number of carbonyl (C=O) groups is 1. The second kappa shape index (κ2) is 7.82. The van der Waals surface area contributed by atoms with Crippen LogP contribution < -0.4 is 10.7 Å². The number of anilines is 1. The summed E-state index contributed by atoms with van der Waals surface area (Å²) in [6, 6.07) is 17.7. The second-order valence-corrected chi connectivity index (χ2v) is 6.98. The molecule has 0 radical (unpaired) electrons. The zero-order valence-corrected chi connectivity index (χ0v) is 16.3. The van der Waals surface area contributed by atoms with Gasteiger partial charge in [-0.05, 0) is 23.9 Å². The van der Waals surface area contributed by atoms with E-state index >= 15 is 0 Å². The van der Waals surface area contributed by atoms with Crippen LogP contribution in [0.2, 0.25) is 0 Å². The molecule has 0 unspecified atom stereocenters. The zero-order valence-electron chi connectivity index (χ0n) is 16.3. The molecule has 8 heteroatoms. The van der Waals surface area contributed by atoms with E-state index in [0.29, 0.717) is 11.9 Å². The summed E-state index contributed by atoms with van der Waals surface area (Å²) in [7, 11) is 1.74. The molecule has 0 N–H and O–H groups in total. The van der Waals surface area contributed by atoms with Crippen LogP contribution in [0.25, 0.3) is 21.9 Å². The Morgan fingerprint density at radius 1 is 1.13 bits per heavy atom. The second-order valence-electron chi connectivity index (χ2n) is 6.98. The molecule has 0 saturated carbocycles. The highest BCUT2D eigenvalue weighted by Crippen LogP contribution is 2.26. The molecule has 152 valence electrons. The van der Waals surface area contributed by atoms with Crippen molar-refractivity contribution in [2.45, 2.75) is 19.4 Å². The molecule has 1 amide bonds. The molecule has 0 saturated heterocycles. The number of nitro benzene ring substituents is 1. The first-order valence-corrected chi connectivity index (χ1v) is 9.48. The highest BCUT2D eigenvalue weighted by Gasteiger charge is 2.16. The lowest BCUT2D eigenvalue weighted by Gasteiger charge is -2.19. The van der Waals surface area contributed by atoms with Gasteiger partial charge in [0.2, 0.25) is 5.91 Å². The van der Waals surface area contributed by atoms with Crippen LogP contribution in [0.3, 0.4) is 0 Å². The van der Waals surface area contributed by atoms with Crippen molar-refractivity contribution in [3.8, 4) is 0 Å². The van der Waals surface area contributed by atoms with E-state index in [4.69, 9.17) is 4.42 Å². The normalized spacial score (nSPS) is 11.1. The number of fused-ring (bicyclic) bond motifs is 2. The van der Waals surface area contributed by atoms with Gasteiger partial charge in [0.05, 0.1) is 22.2 Å². The molecular formula is C22H19N3O5. The highest BCUT2D eigenvalue weighted by molar-refractivity contribution is 6.03. The van der Waals surface area contributed by atoms with Crippen LogP contribution in [0, 0.1) is 10.1 Å². The van der Waals surface area contributed by atoms with Crippen molar-refractivity contribution in [2.24, 2.45) is 0 Å². The Balaban J connectivity index is 1.47. The average Bonchev–Trinajstić information content (AvgIpc) is 3.07. The molecular weight excluding hydrogens is 386 g/mol. The number of hydrogen-bond donors (Lipinski definition) is 0. The van der Waals surface area contributed by atoms with Gasteiger partial charge in [-0.25, -0.2) is 4.79 Å². The zero-order chi connectivity index (χ0) is 21.3. The van der Waals surface area contributed by atoms with Crippen molar-refractivity contribution in [1.29, 1.82) is 0 Å². The number of rotatable bonds is 6. The van der Waals surface area contributed by atoms with Gasteiger partial charge in [0.25, 0.3) is 5.69 Å². The van der Waals surface area contributed by atoms with Gasteiger partial charge >= 0.3 is 5.76 Å². The van der Waals surface area contributed by atoms with Crippen LogP contribution in [0.1, 0.15) is 12.8 Å². The minimum Gasteiger partial charge on any atom is -0.407 e. The van der Waals surface area contributed by atoms with E-state index in [2.05, 4.69) is 0 Å². The lowest BCUT2D eigenvalue weighted by Crippen LogP contribution is -2.26. The highest BCUT2D eigenvalue weighted by atomic mass is 16.6. The fourth-order valence-electron chi connectivity index (χ4n) is 3.57. The third-order valence-corrected chi connectivity index (χ3v) is 5.14. The fourth-order valence-corrected chi connectivity index (χ4v) is 3.57. The Morgan fingerprint density at radius 3 is 2.70 bits per heavy atom. The van der Waals surface area contributed by atoms with Crippen LogP contribution in [0.5, 0.6) is 0 Å². The summed E-state index contributed by atoms with van der Waals surface area (Å²) in [6.07, 6.45) is 0.672. The SMILES string of the molecule is CN(C(=O)CCCn1c(=O)oc2cc([N+](=O)[O-])ccc21)c1cccc2ccccc12. The van der Waals surface area contributed by atoms with Gasteiger partial charge in [0.15, 0.2) is 5.58 Å². The molecule has 1 aromatic heterocycles. The van der Waals surface area contributed by atoms with Gasteiger partial charge in [-0.3, -0.25) is 19.5 Å². The minimum absolute atomic E-state index is 0.0668. The molecule has 4 rings (SSSR count). The largest absolute Gasteiger partial charge is 0.419 e. The van der Waals surface area contributed by atoms with Crippen molar-refractivity contribution in [3.63, 3.8) is 0 Å². The van der Waals surface area contributed by atoms with E-state index in [1.165, 1.54) is 22.8 Å². The smallest absolute Gasteiger partial charge is 0.407 e. The van der Waals surface area contributed by atoms with E-state index in [0.717, 1.165) is 16.5 Å². The maximum absolute atomic E-state index is 12.7. The molecule has 0 fully saturated rings. The fraction of sp³-hybridized carbons (Fsp3) is 0.182. The van der Waals surface area contributed by atoms with Crippen LogP contribution in [-0.4, -0.2) is 22.4 Å². The Hall–Kier alpha value is -3.94. The summed E-state index contributed by atoms with van der Waals surface area (Å²) < 4.78 is 6.51. The summed E-state index contributed by atoms with van der Waals surface area (Å²) in [5.41, 5.74) is 1.32. The number of non-ortho nitro benzene ring substituents is 1. The summed E-state index contributed by atoms with van der Waals surface area (Å²) in [4.78, 5) is 36.8. The van der Waals surface area contributed by atoms with E-state index in [9.17, 15) is 19.7 Å². The number of aryl methyl sites for hydroxylation is 1. The van der Waals surface area contributed by atoms with Crippen molar-refractivity contribution < 1.29 is 14.1 Å².